The molecule has 30 heavy (non-hydrogen) atoms. The third-order valence-corrected chi connectivity index (χ3v) is 10.4. The number of Topliss-reactive ketones (excluding diaryl/α,β-unsaturated/α-hetero) is 1. The van der Waals surface area contributed by atoms with Gasteiger partial charge in [-0.15, -0.1) is 0 Å². The van der Waals surface area contributed by atoms with Gasteiger partial charge in [0.05, 0.1) is 19.3 Å². The van der Waals surface area contributed by atoms with Gasteiger partial charge in [-0.2, -0.15) is 0 Å². The van der Waals surface area contributed by atoms with Crippen LogP contribution in [0.25, 0.3) is 0 Å². The number of carbonyl (C=O) groups excluding carboxylic acids is 2. The number of hydrogen-bond donors (Lipinski definition) is 2. The second kappa shape index (κ2) is 7.88. The van der Waals surface area contributed by atoms with Crippen molar-refractivity contribution in [3.8, 4) is 0 Å². The van der Waals surface area contributed by atoms with Gasteiger partial charge < -0.3 is 14.9 Å². The number of esters is 1. The van der Waals surface area contributed by atoms with Gasteiger partial charge in [-0.3, -0.25) is 9.59 Å². The normalized spacial score (nSPS) is 49.0. The minimum Gasteiger partial charge on any atom is -0.469 e. The highest BCUT2D eigenvalue weighted by molar-refractivity contribution is 5.79. The highest BCUT2D eigenvalue weighted by atomic mass is 16.5. The molecule has 2 N–H and O–H groups in total. The number of carbonyl (C=O) groups is 2. The van der Waals surface area contributed by atoms with Crippen molar-refractivity contribution in [2.24, 2.45) is 46.3 Å². The first-order chi connectivity index (χ1) is 14.1. The van der Waals surface area contributed by atoms with Crippen molar-refractivity contribution in [1.29, 1.82) is 0 Å². The molecule has 5 heteroatoms. The summed E-state index contributed by atoms with van der Waals surface area (Å²) in [5.74, 6) is 1.92. The van der Waals surface area contributed by atoms with Crippen LogP contribution in [0.4, 0.5) is 0 Å². The van der Waals surface area contributed by atoms with Crippen molar-refractivity contribution < 1.29 is 24.5 Å². The van der Waals surface area contributed by atoms with E-state index in [9.17, 15) is 19.8 Å². The van der Waals surface area contributed by atoms with Gasteiger partial charge in [-0.25, -0.2) is 0 Å². The fourth-order valence-electron chi connectivity index (χ4n) is 8.59. The minimum atomic E-state index is -0.391. The lowest BCUT2D eigenvalue weighted by molar-refractivity contribution is -0.201. The van der Waals surface area contributed by atoms with Crippen molar-refractivity contribution in [3.63, 3.8) is 0 Å². The van der Waals surface area contributed by atoms with Gasteiger partial charge in [0.15, 0.2) is 0 Å². The summed E-state index contributed by atoms with van der Waals surface area (Å²) in [7, 11) is 1.43. The zero-order valence-corrected chi connectivity index (χ0v) is 19.1. The smallest absolute Gasteiger partial charge is 0.305 e. The highest BCUT2D eigenvalue weighted by Crippen LogP contribution is 2.68. The fourth-order valence-corrected chi connectivity index (χ4v) is 8.59. The molecule has 4 saturated carbocycles. The first-order valence-electron chi connectivity index (χ1n) is 12.1. The molecule has 0 aliphatic heterocycles. The monoisotopic (exact) mass is 420 g/mol. The molecule has 0 radical (unpaired) electrons. The van der Waals surface area contributed by atoms with Gasteiger partial charge in [0.1, 0.15) is 5.78 Å². The SMILES string of the molecule is COC(=O)CC[C@@H](C)[C@H]1CCC2C3C(C[C@H](O)[C@@]21C)[C@@]1(C)CCC(=O)CC1C[C@H]3O. The Morgan fingerprint density at radius 2 is 1.93 bits per heavy atom. The van der Waals surface area contributed by atoms with Gasteiger partial charge >= 0.3 is 5.97 Å². The Morgan fingerprint density at radius 3 is 2.63 bits per heavy atom. The Balaban J connectivity index is 1.58. The summed E-state index contributed by atoms with van der Waals surface area (Å²) >= 11 is 0. The third-order valence-electron chi connectivity index (χ3n) is 10.4. The van der Waals surface area contributed by atoms with Crippen molar-refractivity contribution in [3.05, 3.63) is 0 Å². The molecule has 4 rings (SSSR count). The van der Waals surface area contributed by atoms with Crippen LogP contribution in [-0.2, 0) is 14.3 Å². The van der Waals surface area contributed by atoms with Gasteiger partial charge in [-0.1, -0.05) is 20.8 Å². The number of aliphatic hydroxyl groups is 2. The zero-order valence-electron chi connectivity index (χ0n) is 19.1. The lowest BCUT2D eigenvalue weighted by atomic mass is 9.43. The maximum Gasteiger partial charge on any atom is 0.305 e. The standard InChI is InChI=1S/C25H40O5/c1-14(5-8-22(29)30-4)17-6-7-18-23-19(13-21(28)25(17,18)3)24(2)10-9-16(26)11-15(24)12-20(23)27/h14-15,17-21,23,27-28H,5-13H2,1-4H3/t14-,15?,17-,18?,19?,20-,21+,23?,24+,25-/m1/s1. The molecule has 0 spiro atoms. The molecule has 0 aromatic rings. The predicted molar refractivity (Wildman–Crippen MR) is 113 cm³/mol. The van der Waals surface area contributed by atoms with Crippen LogP contribution >= 0.6 is 0 Å². The van der Waals surface area contributed by atoms with Gasteiger partial charge in [0.2, 0.25) is 0 Å². The van der Waals surface area contributed by atoms with E-state index in [1.807, 2.05) is 0 Å². The molecular formula is C25H40O5. The average molecular weight is 421 g/mol. The van der Waals surface area contributed by atoms with Crippen molar-refractivity contribution in [1.82, 2.24) is 0 Å². The second-order valence-corrected chi connectivity index (χ2v) is 11.4. The van der Waals surface area contributed by atoms with Gasteiger partial charge in [-0.05, 0) is 84.9 Å². The number of fused-ring (bicyclic) bond motifs is 5. The number of rotatable bonds is 4. The number of ketones is 1. The quantitative estimate of drug-likeness (QED) is 0.677. The van der Waals surface area contributed by atoms with Crippen molar-refractivity contribution in [2.75, 3.05) is 7.11 Å². The zero-order chi connectivity index (χ0) is 21.8. The molecule has 0 saturated heterocycles. The van der Waals surface area contributed by atoms with Crippen LogP contribution in [0, 0.1) is 46.3 Å². The van der Waals surface area contributed by atoms with Crippen LogP contribution in [-0.4, -0.2) is 41.3 Å². The Hall–Kier alpha value is -0.940. The number of aliphatic hydroxyl groups excluding tert-OH is 2. The molecule has 0 amide bonds. The molecule has 5 nitrogen and oxygen atoms in total. The Kier molecular flexibility index (Phi) is 5.85. The summed E-state index contributed by atoms with van der Waals surface area (Å²) in [6, 6.07) is 0. The van der Waals surface area contributed by atoms with Crippen LogP contribution < -0.4 is 0 Å². The Bertz CT molecular complexity index is 691. The van der Waals surface area contributed by atoms with Crippen LogP contribution in [0.5, 0.6) is 0 Å². The first-order valence-corrected chi connectivity index (χ1v) is 12.1. The summed E-state index contributed by atoms with van der Waals surface area (Å²) in [6.45, 7) is 6.78. The first kappa shape index (κ1) is 22.3. The molecule has 170 valence electrons. The molecule has 4 unspecified atom stereocenters. The van der Waals surface area contributed by atoms with E-state index < -0.39 is 6.10 Å². The number of ether oxygens (including phenoxy) is 1. The molecule has 4 aliphatic rings. The van der Waals surface area contributed by atoms with Crippen LogP contribution in [0.15, 0.2) is 0 Å². The van der Waals surface area contributed by atoms with E-state index in [4.69, 9.17) is 4.74 Å². The maximum absolute atomic E-state index is 12.1. The van der Waals surface area contributed by atoms with Gasteiger partial charge in [0, 0.05) is 19.3 Å². The van der Waals surface area contributed by atoms with E-state index >= 15 is 0 Å². The highest BCUT2D eigenvalue weighted by Gasteiger charge is 2.65. The predicted octanol–water partition coefficient (Wildman–Crippen LogP) is 3.75. The van der Waals surface area contributed by atoms with Crippen LogP contribution in [0.2, 0.25) is 0 Å². The van der Waals surface area contributed by atoms with E-state index in [-0.39, 0.29) is 40.7 Å². The van der Waals surface area contributed by atoms with E-state index in [1.54, 1.807) is 0 Å². The molecule has 0 aromatic carbocycles. The molecule has 0 aromatic heterocycles. The van der Waals surface area contributed by atoms with Crippen LogP contribution in [0.1, 0.15) is 78.6 Å². The lowest BCUT2D eigenvalue weighted by Gasteiger charge is -2.63. The average Bonchev–Trinajstić information content (AvgIpc) is 3.06. The summed E-state index contributed by atoms with van der Waals surface area (Å²) in [6.07, 6.45) is 6.15. The molecule has 4 fully saturated rings. The van der Waals surface area contributed by atoms with Gasteiger partial charge in [0.25, 0.3) is 0 Å². The molecule has 0 bridgehead atoms. The summed E-state index contributed by atoms with van der Waals surface area (Å²) in [5, 5.41) is 22.8. The lowest BCUT2D eigenvalue weighted by Crippen LogP contribution is -2.62. The number of methoxy groups -OCH3 is 1. The Morgan fingerprint density at radius 1 is 1.20 bits per heavy atom. The fraction of sp³-hybridized carbons (Fsp3) is 0.920. The van der Waals surface area contributed by atoms with Crippen molar-refractivity contribution in [2.45, 2.75) is 90.8 Å². The summed E-state index contributed by atoms with van der Waals surface area (Å²) in [5.41, 5.74) is -0.167. The second-order valence-electron chi connectivity index (χ2n) is 11.4. The maximum atomic E-state index is 12.1. The molecule has 4 aliphatic carbocycles. The van der Waals surface area contributed by atoms with Crippen molar-refractivity contribution >= 4 is 11.8 Å². The topological polar surface area (TPSA) is 83.8 Å². The summed E-state index contributed by atoms with van der Waals surface area (Å²) in [4.78, 5) is 23.8. The van der Waals surface area contributed by atoms with E-state index in [0.717, 1.165) is 38.5 Å². The molecule has 10 atom stereocenters. The van der Waals surface area contributed by atoms with E-state index in [0.29, 0.717) is 42.8 Å². The Labute approximate surface area is 180 Å². The minimum absolute atomic E-state index is 0.0503. The summed E-state index contributed by atoms with van der Waals surface area (Å²) < 4.78 is 4.82. The third kappa shape index (κ3) is 3.26. The van der Waals surface area contributed by atoms with Crippen LogP contribution in [0.3, 0.4) is 0 Å². The van der Waals surface area contributed by atoms with E-state index in [2.05, 4.69) is 20.8 Å². The largest absolute Gasteiger partial charge is 0.469 e. The van der Waals surface area contributed by atoms with E-state index in [1.165, 1.54) is 7.11 Å². The molecular weight excluding hydrogens is 380 g/mol. The molecule has 0 heterocycles. The number of hydrogen-bond acceptors (Lipinski definition) is 5.